The first kappa shape index (κ1) is 13.4. The summed E-state index contributed by atoms with van der Waals surface area (Å²) in [7, 11) is 0. The lowest BCUT2D eigenvalue weighted by atomic mass is 9.72. The van der Waals surface area contributed by atoms with Gasteiger partial charge in [0.05, 0.1) is 6.07 Å². The molecule has 2 nitrogen and oxygen atoms in total. The molecule has 96 valence electrons. The summed E-state index contributed by atoms with van der Waals surface area (Å²) in [6, 6.07) is 10.6. The average molecular weight is 307 g/mol. The van der Waals surface area contributed by atoms with E-state index in [0.29, 0.717) is 5.92 Å². The highest BCUT2D eigenvalue weighted by atomic mass is 79.9. The van der Waals surface area contributed by atoms with E-state index in [1.54, 1.807) is 0 Å². The third-order valence-electron chi connectivity index (χ3n) is 4.11. The minimum Gasteiger partial charge on any atom is -0.367 e. The van der Waals surface area contributed by atoms with Crippen molar-refractivity contribution in [1.82, 2.24) is 0 Å². The van der Waals surface area contributed by atoms with Crippen molar-refractivity contribution in [2.24, 2.45) is 11.8 Å². The molecule has 3 atom stereocenters. The second kappa shape index (κ2) is 5.32. The summed E-state index contributed by atoms with van der Waals surface area (Å²) in [4.78, 5) is 0. The van der Waals surface area contributed by atoms with Crippen molar-refractivity contribution in [2.75, 3.05) is 5.32 Å². The Balaban J connectivity index is 2.14. The Labute approximate surface area is 118 Å². The number of nitrogens with zero attached hydrogens (tertiary/aromatic N) is 1. The number of hydrogen-bond donors (Lipinski definition) is 1. The fourth-order valence-electron chi connectivity index (χ4n) is 2.66. The lowest BCUT2D eigenvalue weighted by molar-refractivity contribution is 0.226. The first-order valence-electron chi connectivity index (χ1n) is 6.50. The number of nitrogens with one attached hydrogen (secondary N) is 1. The van der Waals surface area contributed by atoms with E-state index in [9.17, 15) is 5.26 Å². The van der Waals surface area contributed by atoms with Crippen LogP contribution in [0.25, 0.3) is 0 Å². The number of nitriles is 1. The van der Waals surface area contributed by atoms with Gasteiger partial charge < -0.3 is 5.32 Å². The first-order chi connectivity index (χ1) is 8.54. The van der Waals surface area contributed by atoms with Crippen LogP contribution in [0.15, 0.2) is 28.7 Å². The fourth-order valence-corrected chi connectivity index (χ4v) is 2.93. The standard InChI is InChI=1S/C15H19BrN2/c1-11-7-8-15(10-17,9-12(11)2)18-14-5-3-13(16)4-6-14/h3-6,11-12,18H,7-9H2,1-2H3. The zero-order valence-electron chi connectivity index (χ0n) is 10.9. The van der Waals surface area contributed by atoms with Crippen LogP contribution in [-0.2, 0) is 0 Å². The van der Waals surface area contributed by atoms with Crippen LogP contribution in [0.3, 0.4) is 0 Å². The molecule has 0 saturated heterocycles. The van der Waals surface area contributed by atoms with Crippen LogP contribution >= 0.6 is 15.9 Å². The molecule has 2 rings (SSSR count). The molecule has 0 heterocycles. The van der Waals surface area contributed by atoms with E-state index in [1.807, 2.05) is 24.3 Å². The Morgan fingerprint density at radius 2 is 1.94 bits per heavy atom. The topological polar surface area (TPSA) is 35.8 Å². The van der Waals surface area contributed by atoms with Crippen LogP contribution in [0.4, 0.5) is 5.69 Å². The van der Waals surface area contributed by atoms with Gasteiger partial charge in [-0.15, -0.1) is 0 Å². The molecule has 1 aliphatic rings. The summed E-state index contributed by atoms with van der Waals surface area (Å²) in [6.45, 7) is 4.53. The molecule has 0 amide bonds. The summed E-state index contributed by atoms with van der Waals surface area (Å²) < 4.78 is 1.06. The predicted molar refractivity (Wildman–Crippen MR) is 78.3 cm³/mol. The van der Waals surface area contributed by atoms with Gasteiger partial charge in [-0.05, 0) is 55.4 Å². The quantitative estimate of drug-likeness (QED) is 0.868. The number of anilines is 1. The zero-order chi connectivity index (χ0) is 13.2. The number of hydrogen-bond acceptors (Lipinski definition) is 2. The Morgan fingerprint density at radius 1 is 1.28 bits per heavy atom. The van der Waals surface area contributed by atoms with Gasteiger partial charge in [0.2, 0.25) is 0 Å². The van der Waals surface area contributed by atoms with Crippen LogP contribution in [-0.4, -0.2) is 5.54 Å². The molecule has 18 heavy (non-hydrogen) atoms. The van der Waals surface area contributed by atoms with Crippen molar-refractivity contribution in [3.8, 4) is 6.07 Å². The van der Waals surface area contributed by atoms with Gasteiger partial charge in [0.1, 0.15) is 5.54 Å². The van der Waals surface area contributed by atoms with E-state index in [-0.39, 0.29) is 5.54 Å². The van der Waals surface area contributed by atoms with Crippen molar-refractivity contribution in [1.29, 1.82) is 5.26 Å². The smallest absolute Gasteiger partial charge is 0.125 e. The van der Waals surface area contributed by atoms with Gasteiger partial charge in [-0.1, -0.05) is 29.8 Å². The normalized spacial score (nSPS) is 31.7. The van der Waals surface area contributed by atoms with Gasteiger partial charge in [-0.3, -0.25) is 0 Å². The minimum atomic E-state index is -0.389. The molecule has 1 fully saturated rings. The van der Waals surface area contributed by atoms with E-state index < -0.39 is 0 Å². The number of halogens is 1. The van der Waals surface area contributed by atoms with Crippen molar-refractivity contribution >= 4 is 21.6 Å². The predicted octanol–water partition coefficient (Wildman–Crippen LogP) is 4.58. The van der Waals surface area contributed by atoms with Crippen molar-refractivity contribution < 1.29 is 0 Å². The van der Waals surface area contributed by atoms with Gasteiger partial charge in [-0.2, -0.15) is 5.26 Å². The molecule has 3 heteroatoms. The van der Waals surface area contributed by atoms with Crippen molar-refractivity contribution in [2.45, 2.75) is 38.6 Å². The van der Waals surface area contributed by atoms with Gasteiger partial charge in [0.15, 0.2) is 0 Å². The second-order valence-corrected chi connectivity index (χ2v) is 6.44. The maximum absolute atomic E-state index is 9.54. The molecule has 0 bridgehead atoms. The Kier molecular flexibility index (Phi) is 3.97. The minimum absolute atomic E-state index is 0.389. The lowest BCUT2D eigenvalue weighted by Gasteiger charge is -2.39. The molecule has 1 aromatic rings. The maximum Gasteiger partial charge on any atom is 0.125 e. The molecule has 0 aromatic heterocycles. The highest BCUT2D eigenvalue weighted by molar-refractivity contribution is 9.10. The lowest BCUT2D eigenvalue weighted by Crippen LogP contribution is -2.43. The molecular weight excluding hydrogens is 288 g/mol. The summed E-state index contributed by atoms with van der Waals surface area (Å²) in [5.74, 6) is 1.32. The van der Waals surface area contributed by atoms with Crippen LogP contribution < -0.4 is 5.32 Å². The monoisotopic (exact) mass is 306 g/mol. The Morgan fingerprint density at radius 3 is 2.50 bits per heavy atom. The molecule has 0 spiro atoms. The van der Waals surface area contributed by atoms with Crippen molar-refractivity contribution in [3.63, 3.8) is 0 Å². The molecule has 0 aliphatic heterocycles. The van der Waals surface area contributed by atoms with Crippen molar-refractivity contribution in [3.05, 3.63) is 28.7 Å². The largest absolute Gasteiger partial charge is 0.367 e. The number of benzene rings is 1. The first-order valence-corrected chi connectivity index (χ1v) is 7.29. The van der Waals surface area contributed by atoms with E-state index in [4.69, 9.17) is 0 Å². The third kappa shape index (κ3) is 2.87. The van der Waals surface area contributed by atoms with E-state index in [0.717, 1.165) is 35.3 Å². The average Bonchev–Trinajstić information content (AvgIpc) is 2.37. The van der Waals surface area contributed by atoms with Crippen LogP contribution in [0.5, 0.6) is 0 Å². The molecule has 0 radical (unpaired) electrons. The van der Waals surface area contributed by atoms with E-state index in [2.05, 4.69) is 41.2 Å². The molecule has 1 saturated carbocycles. The van der Waals surface area contributed by atoms with Gasteiger partial charge >= 0.3 is 0 Å². The third-order valence-corrected chi connectivity index (χ3v) is 4.64. The Bertz CT molecular complexity index is 449. The SMILES string of the molecule is CC1CCC(C#N)(Nc2ccc(Br)cc2)CC1C. The van der Waals surface area contributed by atoms with E-state index >= 15 is 0 Å². The maximum atomic E-state index is 9.54. The van der Waals surface area contributed by atoms with Crippen LogP contribution in [0.2, 0.25) is 0 Å². The summed E-state index contributed by atoms with van der Waals surface area (Å²) in [5, 5.41) is 13.0. The van der Waals surface area contributed by atoms with Crippen LogP contribution in [0.1, 0.15) is 33.1 Å². The summed E-state index contributed by atoms with van der Waals surface area (Å²) in [5.41, 5.74) is 0.640. The van der Waals surface area contributed by atoms with Gasteiger partial charge in [0, 0.05) is 10.2 Å². The van der Waals surface area contributed by atoms with Gasteiger partial charge in [-0.25, -0.2) is 0 Å². The fraction of sp³-hybridized carbons (Fsp3) is 0.533. The summed E-state index contributed by atoms with van der Waals surface area (Å²) in [6.07, 6.45) is 2.99. The van der Waals surface area contributed by atoms with Crippen LogP contribution in [0, 0.1) is 23.2 Å². The Hall–Kier alpha value is -1.01. The molecule has 1 aromatic carbocycles. The highest BCUT2D eigenvalue weighted by Crippen LogP contribution is 2.38. The molecule has 1 aliphatic carbocycles. The van der Waals surface area contributed by atoms with E-state index in [1.165, 1.54) is 0 Å². The highest BCUT2D eigenvalue weighted by Gasteiger charge is 2.37. The second-order valence-electron chi connectivity index (χ2n) is 5.52. The van der Waals surface area contributed by atoms with Gasteiger partial charge in [0.25, 0.3) is 0 Å². The molecule has 3 unspecified atom stereocenters. The zero-order valence-corrected chi connectivity index (χ0v) is 12.5. The number of rotatable bonds is 2. The molecule has 1 N–H and O–H groups in total. The summed E-state index contributed by atoms with van der Waals surface area (Å²) >= 11 is 3.43. The molecular formula is C15H19BrN2.